The van der Waals surface area contributed by atoms with E-state index in [0.717, 1.165) is 12.8 Å². The molecule has 0 heterocycles. The fourth-order valence-corrected chi connectivity index (χ4v) is 2.84. The number of rotatable bonds is 2. The van der Waals surface area contributed by atoms with Crippen molar-refractivity contribution in [3.8, 4) is 5.75 Å². The van der Waals surface area contributed by atoms with E-state index in [1.807, 2.05) is 0 Å². The number of para-hydroxylation sites is 2. The second kappa shape index (κ2) is 5.95. The maximum absolute atomic E-state index is 11.8. The van der Waals surface area contributed by atoms with E-state index in [9.17, 15) is 9.90 Å². The van der Waals surface area contributed by atoms with Crippen LogP contribution in [0.25, 0.3) is 0 Å². The van der Waals surface area contributed by atoms with E-state index in [2.05, 4.69) is 19.2 Å². The highest BCUT2D eigenvalue weighted by Gasteiger charge is 2.26. The standard InChI is InChI=1S/C15H21NO3/c1-10-7-11(2)9-12(8-10)19-15(18)16-13-5-3-4-6-14(13)17/h3-6,10-12,17H,7-9H2,1-2H3,(H,16,18). The molecular formula is C15H21NO3. The Bertz CT molecular complexity index is 437. The number of benzene rings is 1. The van der Waals surface area contributed by atoms with Crippen LogP contribution in [0.4, 0.5) is 10.5 Å². The van der Waals surface area contributed by atoms with Gasteiger partial charge in [-0.1, -0.05) is 26.0 Å². The van der Waals surface area contributed by atoms with Crippen LogP contribution in [0.3, 0.4) is 0 Å². The molecule has 19 heavy (non-hydrogen) atoms. The van der Waals surface area contributed by atoms with Crippen molar-refractivity contribution < 1.29 is 14.6 Å². The lowest BCUT2D eigenvalue weighted by Gasteiger charge is -2.30. The molecule has 4 nitrogen and oxygen atoms in total. The van der Waals surface area contributed by atoms with Crippen LogP contribution in [-0.2, 0) is 4.74 Å². The fourth-order valence-electron chi connectivity index (χ4n) is 2.84. The van der Waals surface area contributed by atoms with Crippen molar-refractivity contribution in [2.45, 2.75) is 39.2 Å². The van der Waals surface area contributed by atoms with Gasteiger partial charge in [-0.2, -0.15) is 0 Å². The molecule has 1 aromatic rings. The largest absolute Gasteiger partial charge is 0.506 e. The monoisotopic (exact) mass is 263 g/mol. The highest BCUT2D eigenvalue weighted by molar-refractivity contribution is 5.86. The number of nitrogens with one attached hydrogen (secondary N) is 1. The first-order valence-corrected chi connectivity index (χ1v) is 6.80. The van der Waals surface area contributed by atoms with Crippen molar-refractivity contribution in [3.05, 3.63) is 24.3 Å². The highest BCUT2D eigenvalue weighted by atomic mass is 16.6. The number of carbonyl (C=O) groups is 1. The Balaban J connectivity index is 1.89. The Morgan fingerprint density at radius 2 is 1.84 bits per heavy atom. The predicted molar refractivity (Wildman–Crippen MR) is 74.2 cm³/mol. The molecule has 0 saturated heterocycles. The van der Waals surface area contributed by atoms with Gasteiger partial charge in [-0.15, -0.1) is 0 Å². The van der Waals surface area contributed by atoms with E-state index in [1.165, 1.54) is 12.5 Å². The molecule has 2 rings (SSSR count). The van der Waals surface area contributed by atoms with Gasteiger partial charge in [-0.25, -0.2) is 4.79 Å². The average molecular weight is 263 g/mol. The Hall–Kier alpha value is -1.71. The van der Waals surface area contributed by atoms with Gasteiger partial charge in [-0.05, 0) is 43.2 Å². The maximum atomic E-state index is 11.8. The quantitative estimate of drug-likeness (QED) is 0.799. The minimum atomic E-state index is -0.493. The number of phenolic OH excluding ortho intramolecular Hbond substituents is 1. The molecule has 4 heteroatoms. The van der Waals surface area contributed by atoms with Crippen LogP contribution in [0, 0.1) is 11.8 Å². The lowest BCUT2D eigenvalue weighted by atomic mass is 9.82. The minimum Gasteiger partial charge on any atom is -0.506 e. The van der Waals surface area contributed by atoms with Crippen LogP contribution in [0.2, 0.25) is 0 Å². The van der Waals surface area contributed by atoms with Gasteiger partial charge >= 0.3 is 6.09 Å². The van der Waals surface area contributed by atoms with Crippen LogP contribution in [-0.4, -0.2) is 17.3 Å². The van der Waals surface area contributed by atoms with Gasteiger partial charge in [0, 0.05) is 0 Å². The first kappa shape index (κ1) is 13.7. The lowest BCUT2D eigenvalue weighted by molar-refractivity contribution is 0.0553. The Kier molecular flexibility index (Phi) is 4.30. The van der Waals surface area contributed by atoms with Crippen LogP contribution >= 0.6 is 0 Å². The zero-order valence-electron chi connectivity index (χ0n) is 11.4. The summed E-state index contributed by atoms with van der Waals surface area (Å²) in [5.41, 5.74) is 0.379. The molecule has 0 aromatic heterocycles. The van der Waals surface area contributed by atoms with Gasteiger partial charge in [0.05, 0.1) is 5.69 Å². The summed E-state index contributed by atoms with van der Waals surface area (Å²) < 4.78 is 5.43. The molecule has 0 aliphatic heterocycles. The molecule has 2 unspecified atom stereocenters. The summed E-state index contributed by atoms with van der Waals surface area (Å²) in [7, 11) is 0. The number of hydrogen-bond acceptors (Lipinski definition) is 3. The lowest BCUT2D eigenvalue weighted by Crippen LogP contribution is -2.30. The number of amides is 1. The van der Waals surface area contributed by atoms with Crippen LogP contribution in [0.5, 0.6) is 5.75 Å². The highest BCUT2D eigenvalue weighted by Crippen LogP contribution is 2.30. The predicted octanol–water partition coefficient (Wildman–Crippen LogP) is 3.77. The first-order valence-electron chi connectivity index (χ1n) is 6.80. The molecule has 1 saturated carbocycles. The summed E-state index contributed by atoms with van der Waals surface area (Å²) in [5, 5.41) is 12.2. The van der Waals surface area contributed by atoms with Gasteiger partial charge in [0.25, 0.3) is 0 Å². The molecule has 2 N–H and O–H groups in total. The fraction of sp³-hybridized carbons (Fsp3) is 0.533. The van der Waals surface area contributed by atoms with Crippen molar-refractivity contribution >= 4 is 11.8 Å². The number of carbonyl (C=O) groups excluding carboxylic acids is 1. The molecule has 0 radical (unpaired) electrons. The third-order valence-electron chi connectivity index (χ3n) is 3.55. The molecule has 0 spiro atoms. The molecule has 1 amide bonds. The number of anilines is 1. The van der Waals surface area contributed by atoms with Crippen molar-refractivity contribution in [2.24, 2.45) is 11.8 Å². The van der Waals surface area contributed by atoms with Gasteiger partial charge < -0.3 is 9.84 Å². The minimum absolute atomic E-state index is 0.0235. The summed E-state index contributed by atoms with van der Waals surface area (Å²) >= 11 is 0. The second-order valence-electron chi connectivity index (χ2n) is 5.59. The normalized spacial score (nSPS) is 26.7. The zero-order chi connectivity index (χ0) is 13.8. The molecule has 1 fully saturated rings. The summed E-state index contributed by atoms with van der Waals surface area (Å²) in [5.74, 6) is 1.23. The second-order valence-corrected chi connectivity index (χ2v) is 5.59. The first-order chi connectivity index (χ1) is 9.04. The Morgan fingerprint density at radius 3 is 2.47 bits per heavy atom. The topological polar surface area (TPSA) is 58.6 Å². The number of phenols is 1. The maximum Gasteiger partial charge on any atom is 0.412 e. The van der Waals surface area contributed by atoms with Crippen LogP contribution in [0.1, 0.15) is 33.1 Å². The van der Waals surface area contributed by atoms with E-state index >= 15 is 0 Å². The van der Waals surface area contributed by atoms with E-state index in [0.29, 0.717) is 17.5 Å². The van der Waals surface area contributed by atoms with Crippen LogP contribution in [0.15, 0.2) is 24.3 Å². The van der Waals surface area contributed by atoms with Gasteiger partial charge in [-0.3, -0.25) is 5.32 Å². The van der Waals surface area contributed by atoms with Crippen LogP contribution < -0.4 is 5.32 Å². The van der Waals surface area contributed by atoms with Gasteiger partial charge in [0.2, 0.25) is 0 Å². The Labute approximate surface area is 113 Å². The third kappa shape index (κ3) is 3.88. The third-order valence-corrected chi connectivity index (χ3v) is 3.55. The molecule has 104 valence electrons. The molecular weight excluding hydrogens is 242 g/mol. The molecule has 1 aliphatic rings. The smallest absolute Gasteiger partial charge is 0.412 e. The van der Waals surface area contributed by atoms with Gasteiger partial charge in [0.1, 0.15) is 11.9 Å². The number of hydrogen-bond donors (Lipinski definition) is 2. The summed E-state index contributed by atoms with van der Waals surface area (Å²) in [6.45, 7) is 4.37. The van der Waals surface area contributed by atoms with Crippen molar-refractivity contribution in [1.29, 1.82) is 0 Å². The van der Waals surface area contributed by atoms with Crippen molar-refractivity contribution in [2.75, 3.05) is 5.32 Å². The van der Waals surface area contributed by atoms with E-state index in [1.54, 1.807) is 18.2 Å². The molecule has 1 aromatic carbocycles. The Morgan fingerprint density at radius 1 is 1.21 bits per heavy atom. The van der Waals surface area contributed by atoms with Gasteiger partial charge in [0.15, 0.2) is 0 Å². The number of aromatic hydroxyl groups is 1. The summed E-state index contributed by atoms with van der Waals surface area (Å²) in [4.78, 5) is 11.8. The van der Waals surface area contributed by atoms with Crippen molar-refractivity contribution in [3.63, 3.8) is 0 Å². The zero-order valence-corrected chi connectivity index (χ0v) is 11.4. The van der Waals surface area contributed by atoms with E-state index in [4.69, 9.17) is 4.74 Å². The summed E-state index contributed by atoms with van der Waals surface area (Å²) in [6, 6.07) is 6.62. The van der Waals surface area contributed by atoms with E-state index in [-0.39, 0.29) is 11.9 Å². The number of ether oxygens (including phenoxy) is 1. The SMILES string of the molecule is CC1CC(C)CC(OC(=O)Nc2ccccc2O)C1. The van der Waals surface area contributed by atoms with Crippen molar-refractivity contribution in [1.82, 2.24) is 0 Å². The molecule has 2 atom stereocenters. The summed E-state index contributed by atoms with van der Waals surface area (Å²) in [6.07, 6.45) is 2.51. The van der Waals surface area contributed by atoms with E-state index < -0.39 is 6.09 Å². The molecule has 0 bridgehead atoms. The average Bonchev–Trinajstić information content (AvgIpc) is 2.30. The molecule has 1 aliphatic carbocycles.